The first-order chi connectivity index (χ1) is 53.6. The smallest absolute Gasteiger partial charge is 0.379 e. The minimum atomic E-state index is -4.19. The van der Waals surface area contributed by atoms with Crippen LogP contribution in [0, 0.1) is 0 Å². The van der Waals surface area contributed by atoms with Gasteiger partial charge in [-0.15, -0.1) is 0 Å². The van der Waals surface area contributed by atoms with E-state index >= 15 is 0 Å². The summed E-state index contributed by atoms with van der Waals surface area (Å²) in [7, 11) is 1.88. The number of hydrogen-bond donors (Lipinski definition) is 0. The van der Waals surface area contributed by atoms with Crippen LogP contribution in [0.15, 0.2) is 0 Å². The third kappa shape index (κ3) is 64.4. The fourth-order valence-electron chi connectivity index (χ4n) is 12.2. The lowest BCUT2D eigenvalue weighted by Crippen LogP contribution is -2.58. The molecule has 17 nitrogen and oxygen atoms in total. The first kappa shape index (κ1) is 120. The number of alkyl halides is 20. The van der Waals surface area contributed by atoms with Crippen LogP contribution < -0.4 is 0 Å². The Morgan fingerprint density at radius 3 is 1.20 bits per heavy atom. The van der Waals surface area contributed by atoms with E-state index in [2.05, 4.69) is 78.2 Å². The van der Waals surface area contributed by atoms with Crippen molar-refractivity contribution in [3.63, 3.8) is 0 Å². The summed E-state index contributed by atoms with van der Waals surface area (Å²) >= 11 is 0. The van der Waals surface area contributed by atoms with Gasteiger partial charge in [-0.2, -0.15) is 39.5 Å². The molecule has 0 aromatic heterocycles. The zero-order valence-corrected chi connectivity index (χ0v) is 77.2. The van der Waals surface area contributed by atoms with Crippen LogP contribution in [0.25, 0.3) is 0 Å². The van der Waals surface area contributed by atoms with Crippen LogP contribution in [-0.2, 0) is 28.5 Å². The molecule has 1 unspecified atom stereocenters. The maximum absolute atomic E-state index is 13.4. The fraction of sp³-hybridized carbons (Fsp3) is 0.976. The topological polar surface area (TPSA) is 107 Å². The van der Waals surface area contributed by atoms with Gasteiger partial charge < -0.3 is 33.6 Å². The number of halogens is 20. The quantitative estimate of drug-likeness (QED) is 0.0614. The first-order valence-electron chi connectivity index (χ1n) is 42.1. The van der Waals surface area contributed by atoms with E-state index < -0.39 is 78.9 Å². The molecule has 716 valence electrons. The lowest BCUT2D eigenvalue weighted by atomic mass is 9.77. The summed E-state index contributed by atoms with van der Waals surface area (Å²) in [5, 5.41) is 0. The number of amides is 2. The van der Waals surface area contributed by atoms with E-state index in [1.54, 1.807) is 44.4 Å². The number of ether oxygens (including phenoxy) is 4. The highest BCUT2D eigenvalue weighted by Gasteiger charge is 2.53. The molecule has 0 bridgehead atoms. The van der Waals surface area contributed by atoms with Gasteiger partial charge in [0.05, 0.1) is 51.2 Å². The van der Waals surface area contributed by atoms with Gasteiger partial charge in [-0.1, -0.05) is 0 Å². The third-order valence-electron chi connectivity index (χ3n) is 19.9. The van der Waals surface area contributed by atoms with Crippen molar-refractivity contribution in [2.75, 3.05) is 171 Å². The van der Waals surface area contributed by atoms with Gasteiger partial charge in [-0.3, -0.25) is 48.8 Å². The number of nitrogens with zero attached hydrogens (tertiary/aromatic N) is 11. The van der Waals surface area contributed by atoms with Crippen molar-refractivity contribution in [2.24, 2.45) is 0 Å². The number of carbonyl (C=O) groups is 2. The molecule has 37 heteroatoms. The van der Waals surface area contributed by atoms with Crippen LogP contribution in [-0.4, -0.2) is 363 Å². The summed E-state index contributed by atoms with van der Waals surface area (Å²) in [6.07, 6.45) is -10.0. The number of hydrogen-bond acceptors (Lipinski definition) is 15. The molecule has 6 rings (SSSR count). The minimum Gasteiger partial charge on any atom is -0.379 e. The van der Waals surface area contributed by atoms with E-state index in [1.165, 1.54) is 9.80 Å². The number of likely N-dealkylation sites (N-methyl/N-ethyl adjacent to an activating group) is 1. The fourth-order valence-corrected chi connectivity index (χ4v) is 12.2. The van der Waals surface area contributed by atoms with Crippen molar-refractivity contribution in [1.29, 1.82) is 0 Å². The highest BCUT2D eigenvalue weighted by atomic mass is 19.4. The Morgan fingerprint density at radius 1 is 0.445 bits per heavy atom. The molecule has 0 N–H and O–H groups in total. The van der Waals surface area contributed by atoms with E-state index in [-0.39, 0.29) is 89.0 Å². The SMILES string of the molecule is CC(C)N(C)CCOC(C)(F)F.CC(C)N1CCN(C2CC(C)(F)C2)CC1.CC(C)N1CCN(CC(F)(F)C(C)(F)F)CC1.CC(C)N1CCN(CCC(C)(F)F)C(=O)C1.CC(C)N1CCN(CCC(C)(F)F)C(C)C1.CC(C)N1CCN(CCC(C)(F)F)CC1=O.CC(C)OC(C)(F)F.CC(C)OCC(F)(F)F.CC(C)OCCC(C)(F)F. The molecule has 1 atom stereocenters. The highest BCUT2D eigenvalue weighted by Crippen LogP contribution is 2.39. The molecule has 5 saturated heterocycles. The Hall–Kier alpha value is -2.98. The lowest BCUT2D eigenvalue weighted by molar-refractivity contribution is -0.242. The average molecular weight is 1770 g/mol. The highest BCUT2D eigenvalue weighted by molar-refractivity contribution is 5.79. The maximum Gasteiger partial charge on any atom is 0.411 e. The van der Waals surface area contributed by atoms with Crippen molar-refractivity contribution >= 4 is 11.8 Å². The maximum atomic E-state index is 13.4. The third-order valence-corrected chi connectivity index (χ3v) is 19.9. The minimum absolute atomic E-state index is 0.0288. The molecule has 119 heavy (non-hydrogen) atoms. The van der Waals surface area contributed by atoms with Gasteiger partial charge in [0, 0.05) is 219 Å². The second kappa shape index (κ2) is 55.6. The molecule has 0 radical (unpaired) electrons. The van der Waals surface area contributed by atoms with Gasteiger partial charge >= 0.3 is 30.2 Å². The standard InChI is InChI=1S/C12H24F2N2.C12H23FN2.C11H20F4N2.2C11H20F2N2O.C8H17F2NO.C7H14F2O.C5H9F3O.C5H10F2O/c1-10(2)16-8-7-15(11(3)9-16)6-5-12(4,13)14;1-10(2)14-4-6-15(7-5-14)11-8-12(3,13)9-11;1-9(2)17-6-4-16(5-7-17)8-11(14,15)10(3,12)13;1-9(2)15-7-6-14(10(16)8-15)5-4-11(3,12)13;1-9(2)15-7-6-14(8-10(15)16)5-4-11(3,12)13;1-7(2)11(4)5-6-12-8(3,9)10;1-6(2)10-5-4-7(3,8)9;1-4(2)9-3-5(6,7)8;1-4(2)8-5(3,6)7/h10-11H,5-9H2,1-4H3;10-11H,4-9H2,1-3H3;9H,4-8H2,1-3H3;2*9H,4-8H2,1-3H3;7H,5-6H2,1-4H3;6H,4-5H2,1-3H3;4H,3H2,1-2H3;4H,1-3H3. The molecule has 5 heterocycles. The molecule has 1 aliphatic carbocycles. The predicted octanol–water partition coefficient (Wildman–Crippen LogP) is 18.2. The Labute approximate surface area is 702 Å². The van der Waals surface area contributed by atoms with Crippen LogP contribution in [0.2, 0.25) is 0 Å². The molecular formula is C82H157F20N11O6. The zero-order valence-electron chi connectivity index (χ0n) is 77.2. The molecule has 1 saturated carbocycles. The zero-order chi connectivity index (χ0) is 93.6. The van der Waals surface area contributed by atoms with Gasteiger partial charge in [-0.05, 0) is 186 Å². The van der Waals surface area contributed by atoms with Crippen molar-refractivity contribution < 1.29 is 116 Å². The van der Waals surface area contributed by atoms with E-state index in [4.69, 9.17) is 4.74 Å². The van der Waals surface area contributed by atoms with Crippen LogP contribution in [0.4, 0.5) is 87.8 Å². The van der Waals surface area contributed by atoms with Gasteiger partial charge in [0.1, 0.15) is 12.3 Å². The molecule has 0 aromatic carbocycles. The van der Waals surface area contributed by atoms with E-state index in [1.807, 2.05) is 81.2 Å². The molecular weight excluding hydrogens is 1610 g/mol. The van der Waals surface area contributed by atoms with Crippen LogP contribution in [0.1, 0.15) is 225 Å². The van der Waals surface area contributed by atoms with E-state index in [9.17, 15) is 97.4 Å². The van der Waals surface area contributed by atoms with Gasteiger partial charge in [0.2, 0.25) is 35.5 Å². The Morgan fingerprint density at radius 2 is 0.866 bits per heavy atom. The van der Waals surface area contributed by atoms with E-state index in [0.717, 1.165) is 107 Å². The van der Waals surface area contributed by atoms with E-state index in [0.29, 0.717) is 114 Å². The molecule has 5 aliphatic heterocycles. The average Bonchev–Trinajstić information content (AvgIpc) is 0.792. The van der Waals surface area contributed by atoms with Crippen LogP contribution in [0.3, 0.4) is 0 Å². The number of carbonyl (C=O) groups excluding carboxylic acids is 2. The normalized spacial score (nSPS) is 20.9. The second-order valence-corrected chi connectivity index (χ2v) is 35.4. The van der Waals surface area contributed by atoms with Crippen molar-refractivity contribution in [3.8, 4) is 0 Å². The summed E-state index contributed by atoms with van der Waals surface area (Å²) in [4.78, 5) is 45.6. The Balaban J connectivity index is -0.00000128. The van der Waals surface area contributed by atoms with Crippen molar-refractivity contribution in [1.82, 2.24) is 53.9 Å². The number of rotatable bonds is 31. The van der Waals surface area contributed by atoms with Crippen LogP contribution in [0.5, 0.6) is 0 Å². The van der Waals surface area contributed by atoms with Gasteiger partial charge in [-0.25, -0.2) is 48.3 Å². The molecule has 6 fully saturated rings. The molecule has 0 spiro atoms. The second-order valence-electron chi connectivity index (χ2n) is 35.4. The van der Waals surface area contributed by atoms with Crippen LogP contribution >= 0.6 is 0 Å². The first-order valence-corrected chi connectivity index (χ1v) is 42.1. The monoisotopic (exact) mass is 1770 g/mol. The summed E-state index contributed by atoms with van der Waals surface area (Å²) in [5.74, 6) is -18.3. The summed E-state index contributed by atoms with van der Waals surface area (Å²) in [5.41, 5.74) is -0.875. The molecule has 2 amide bonds. The summed E-state index contributed by atoms with van der Waals surface area (Å²) in [6.45, 7) is 56.8. The van der Waals surface area contributed by atoms with Gasteiger partial charge in [0.15, 0.2) is 0 Å². The lowest BCUT2D eigenvalue weighted by Gasteiger charge is -2.48. The number of piperazine rings is 5. The Bertz CT molecular complexity index is 2600. The Kier molecular flexibility index (Phi) is 56.1. The summed E-state index contributed by atoms with van der Waals surface area (Å²) in [6, 6.07) is 3.37. The predicted molar refractivity (Wildman–Crippen MR) is 434 cm³/mol. The largest absolute Gasteiger partial charge is 0.411 e. The molecule has 6 aliphatic rings. The van der Waals surface area contributed by atoms with Crippen molar-refractivity contribution in [3.05, 3.63) is 0 Å². The van der Waals surface area contributed by atoms with Crippen molar-refractivity contribution in [2.45, 2.75) is 352 Å². The summed E-state index contributed by atoms with van der Waals surface area (Å²) < 4.78 is 265. The molecule has 0 aromatic rings. The van der Waals surface area contributed by atoms with Gasteiger partial charge in [0.25, 0.3) is 0 Å².